The lowest BCUT2D eigenvalue weighted by atomic mass is 9.81. The fourth-order valence-corrected chi connectivity index (χ4v) is 5.63. The Morgan fingerprint density at radius 1 is 1.19 bits per heavy atom. The molecule has 2 aliphatic carbocycles. The number of hydrogen-bond acceptors (Lipinski definition) is 6. The van der Waals surface area contributed by atoms with E-state index in [0.29, 0.717) is 18.4 Å². The molecule has 0 heterocycles. The first-order valence-electron chi connectivity index (χ1n) is 9.13. The van der Waals surface area contributed by atoms with Crippen molar-refractivity contribution in [2.24, 2.45) is 17.3 Å². The molecule has 1 aromatic rings. The summed E-state index contributed by atoms with van der Waals surface area (Å²) in [6, 6.07) is 3.59. The Morgan fingerprint density at radius 3 is 2.30 bits per heavy atom. The minimum absolute atomic E-state index is 0.0671. The van der Waals surface area contributed by atoms with Gasteiger partial charge in [0.25, 0.3) is 0 Å². The quantitative estimate of drug-likeness (QED) is 0.735. The van der Waals surface area contributed by atoms with Crippen molar-refractivity contribution in [1.29, 1.82) is 0 Å². The van der Waals surface area contributed by atoms with E-state index in [2.05, 4.69) is 0 Å². The van der Waals surface area contributed by atoms with Crippen LogP contribution in [0.15, 0.2) is 23.1 Å². The smallest absolute Gasteiger partial charge is 0.341 e. The zero-order valence-corrected chi connectivity index (χ0v) is 16.0. The summed E-state index contributed by atoms with van der Waals surface area (Å²) in [6.45, 7) is 1.53. The maximum atomic E-state index is 12.9. The maximum absolute atomic E-state index is 12.9. The van der Waals surface area contributed by atoms with Crippen LogP contribution < -0.4 is 0 Å². The van der Waals surface area contributed by atoms with Crippen LogP contribution in [0, 0.1) is 24.2 Å². The van der Waals surface area contributed by atoms with Gasteiger partial charge in [-0.1, -0.05) is 25.7 Å². The summed E-state index contributed by atoms with van der Waals surface area (Å²) in [5.41, 5.74) is -0.968. The Labute approximate surface area is 158 Å². The lowest BCUT2D eigenvalue weighted by Gasteiger charge is -2.25. The van der Waals surface area contributed by atoms with Gasteiger partial charge in [-0.15, -0.1) is 0 Å². The van der Waals surface area contributed by atoms with Crippen LogP contribution in [0.4, 0.5) is 0 Å². The fraction of sp³-hybridized carbons (Fsp3) is 0.579. The molecule has 2 N–H and O–H groups in total. The zero-order valence-electron chi connectivity index (χ0n) is 15.2. The number of benzene rings is 1. The number of aryl methyl sites for hydroxylation is 1. The number of aliphatic carboxylic acids is 1. The Balaban J connectivity index is 1.86. The molecular weight excluding hydrogens is 372 g/mol. The number of carboxylic acids is 1. The number of rotatable bonds is 5. The van der Waals surface area contributed by atoms with Gasteiger partial charge in [0.05, 0.1) is 11.8 Å². The third-order valence-electron chi connectivity index (χ3n) is 5.94. The highest BCUT2D eigenvalue weighted by molar-refractivity contribution is 7.87. The molecule has 2 saturated carbocycles. The van der Waals surface area contributed by atoms with Gasteiger partial charge in [0, 0.05) is 0 Å². The Bertz CT molecular complexity index is 845. The van der Waals surface area contributed by atoms with Crippen LogP contribution in [0.3, 0.4) is 0 Å². The number of hydrogen-bond donors (Lipinski definition) is 2. The van der Waals surface area contributed by atoms with E-state index in [9.17, 15) is 28.2 Å². The number of carbonyl (C=O) groups excluding carboxylic acids is 1. The van der Waals surface area contributed by atoms with Crippen LogP contribution in [-0.2, 0) is 23.9 Å². The average Bonchev–Trinajstić information content (AvgIpc) is 2.95. The largest absolute Gasteiger partial charge is 0.508 e. The Morgan fingerprint density at radius 2 is 1.78 bits per heavy atom. The second kappa shape index (κ2) is 7.14. The summed E-state index contributed by atoms with van der Waals surface area (Å²) < 4.78 is 30.0. The van der Waals surface area contributed by atoms with E-state index in [0.717, 1.165) is 31.7 Å². The van der Waals surface area contributed by atoms with Crippen LogP contribution in [0.2, 0.25) is 0 Å². The molecule has 27 heavy (non-hydrogen) atoms. The van der Waals surface area contributed by atoms with Gasteiger partial charge in [0.2, 0.25) is 0 Å². The predicted octanol–water partition coefficient (Wildman–Crippen LogP) is 2.99. The highest BCUT2D eigenvalue weighted by Crippen LogP contribution is 2.54. The molecule has 0 saturated heterocycles. The average molecular weight is 396 g/mol. The number of fused-ring (bicyclic) bond motifs is 1. The third kappa shape index (κ3) is 3.95. The zero-order chi connectivity index (χ0) is 19.8. The van der Waals surface area contributed by atoms with Crippen LogP contribution in [0.1, 0.15) is 50.5 Å². The topological polar surface area (TPSA) is 118 Å². The fourth-order valence-electron chi connectivity index (χ4n) is 4.60. The molecule has 148 valence electrons. The number of phenolic OH excluding ortho intramolecular Hbond substituents is 1. The summed E-state index contributed by atoms with van der Waals surface area (Å²) >= 11 is 0. The van der Waals surface area contributed by atoms with E-state index >= 15 is 0 Å². The molecule has 3 rings (SSSR count). The van der Waals surface area contributed by atoms with Crippen molar-refractivity contribution in [3.63, 3.8) is 0 Å². The summed E-state index contributed by atoms with van der Waals surface area (Å²) in [7, 11) is -4.40. The number of carboxylic acid groups (broad SMARTS) is 1. The normalized spacial score (nSPS) is 27.7. The molecule has 0 aliphatic heterocycles. The van der Waals surface area contributed by atoms with Gasteiger partial charge in [-0.3, -0.25) is 9.59 Å². The molecule has 2 fully saturated rings. The van der Waals surface area contributed by atoms with Gasteiger partial charge in [-0.25, -0.2) is 0 Å². The molecule has 0 radical (unpaired) electrons. The van der Waals surface area contributed by atoms with Crippen LogP contribution in [0.5, 0.6) is 5.75 Å². The first kappa shape index (κ1) is 19.7. The number of carbonyl (C=O) groups is 2. The van der Waals surface area contributed by atoms with Crippen molar-refractivity contribution in [3.05, 3.63) is 23.8 Å². The van der Waals surface area contributed by atoms with Gasteiger partial charge in [0.15, 0.2) is 0 Å². The van der Waals surface area contributed by atoms with E-state index in [1.807, 2.05) is 0 Å². The summed E-state index contributed by atoms with van der Waals surface area (Å²) in [4.78, 5) is 24.0. The molecule has 2 aliphatic rings. The van der Waals surface area contributed by atoms with Crippen LogP contribution in [0.25, 0.3) is 0 Å². The molecule has 2 unspecified atom stereocenters. The summed E-state index contributed by atoms with van der Waals surface area (Å²) in [5.74, 6) is -1.70. The SMILES string of the molecule is Cc1cc(S(=O)(=O)OC(=O)C2(CC(=O)O)CC3CCCCC3C2)ccc1O. The highest BCUT2D eigenvalue weighted by Gasteiger charge is 2.53. The molecule has 1 aromatic carbocycles. The van der Waals surface area contributed by atoms with Gasteiger partial charge in [-0.05, 0) is 55.4 Å². The van der Waals surface area contributed by atoms with E-state index < -0.39 is 33.9 Å². The summed E-state index contributed by atoms with van der Waals surface area (Å²) in [6.07, 6.45) is 4.24. The minimum atomic E-state index is -4.40. The predicted molar refractivity (Wildman–Crippen MR) is 95.5 cm³/mol. The standard InChI is InChI=1S/C19H24O7S/c1-12-8-15(6-7-16(12)20)27(24,25)26-18(23)19(11-17(21)22)9-13-4-2-3-5-14(13)10-19/h6-8,13-14,20H,2-5,9-11H2,1H3,(H,21,22). The second-order valence-corrected chi connectivity index (χ2v) is 9.38. The van der Waals surface area contributed by atoms with E-state index in [4.69, 9.17) is 4.18 Å². The molecule has 7 nitrogen and oxygen atoms in total. The minimum Gasteiger partial charge on any atom is -0.508 e. The lowest BCUT2D eigenvalue weighted by molar-refractivity contribution is -0.153. The molecule has 0 spiro atoms. The maximum Gasteiger partial charge on any atom is 0.341 e. The molecule has 0 amide bonds. The molecule has 0 aromatic heterocycles. The monoisotopic (exact) mass is 396 g/mol. The van der Waals surface area contributed by atoms with Crippen LogP contribution >= 0.6 is 0 Å². The highest BCUT2D eigenvalue weighted by atomic mass is 32.2. The van der Waals surface area contributed by atoms with E-state index in [1.165, 1.54) is 19.1 Å². The summed E-state index contributed by atoms with van der Waals surface area (Å²) in [5, 5.41) is 18.9. The van der Waals surface area contributed by atoms with Gasteiger partial charge in [-0.2, -0.15) is 8.42 Å². The number of aromatic hydroxyl groups is 1. The van der Waals surface area contributed by atoms with Crippen LogP contribution in [-0.4, -0.2) is 30.6 Å². The first-order chi connectivity index (χ1) is 12.6. The molecule has 8 heteroatoms. The van der Waals surface area contributed by atoms with Gasteiger partial charge in [0.1, 0.15) is 10.6 Å². The third-order valence-corrected chi connectivity index (χ3v) is 7.14. The van der Waals surface area contributed by atoms with Crippen molar-refractivity contribution in [2.45, 2.75) is 56.8 Å². The van der Waals surface area contributed by atoms with E-state index in [-0.39, 0.29) is 22.5 Å². The lowest BCUT2D eigenvalue weighted by Crippen LogP contribution is -2.35. The van der Waals surface area contributed by atoms with E-state index in [1.54, 1.807) is 0 Å². The van der Waals surface area contributed by atoms with Crippen molar-refractivity contribution >= 4 is 22.1 Å². The molecule has 0 bridgehead atoms. The Kier molecular flexibility index (Phi) is 5.20. The van der Waals surface area contributed by atoms with Gasteiger partial charge < -0.3 is 14.4 Å². The Hall–Kier alpha value is -2.09. The molecule has 2 atom stereocenters. The first-order valence-corrected chi connectivity index (χ1v) is 10.5. The van der Waals surface area contributed by atoms with Crippen molar-refractivity contribution in [2.75, 3.05) is 0 Å². The van der Waals surface area contributed by atoms with Crippen molar-refractivity contribution < 1.29 is 32.4 Å². The molecular formula is C19H24O7S. The van der Waals surface area contributed by atoms with Crippen molar-refractivity contribution in [3.8, 4) is 5.75 Å². The number of phenols is 1. The van der Waals surface area contributed by atoms with Crippen molar-refractivity contribution in [1.82, 2.24) is 0 Å². The second-order valence-electron chi connectivity index (χ2n) is 7.84. The van der Waals surface area contributed by atoms with Gasteiger partial charge >= 0.3 is 22.1 Å².